The lowest BCUT2D eigenvalue weighted by Crippen LogP contribution is -2.37. The van der Waals surface area contributed by atoms with Gasteiger partial charge in [-0.3, -0.25) is 0 Å². The molecule has 2 rings (SSSR count). The molecule has 1 heterocycles. The third kappa shape index (κ3) is 3.22. The molecule has 18 heavy (non-hydrogen) atoms. The standard InChI is InChI=1S/C12H14ClFO3S/c13-18(15,16)12-5-6-17-8-10(12)7-9-3-1-2-4-11(9)14/h1-4,10,12H,5-8H2. The first kappa shape index (κ1) is 13.8. The van der Waals surface area contributed by atoms with Crippen LogP contribution >= 0.6 is 10.7 Å². The molecule has 1 aliphatic heterocycles. The molecule has 0 aliphatic carbocycles. The molecule has 0 amide bonds. The van der Waals surface area contributed by atoms with Crippen molar-refractivity contribution in [3.63, 3.8) is 0 Å². The highest BCUT2D eigenvalue weighted by atomic mass is 35.7. The number of benzene rings is 1. The fourth-order valence-electron chi connectivity index (χ4n) is 2.28. The Balaban J connectivity index is 2.18. The predicted octanol–water partition coefficient (Wildman–Crippen LogP) is 2.34. The molecule has 2 unspecified atom stereocenters. The highest BCUT2D eigenvalue weighted by Gasteiger charge is 2.35. The minimum atomic E-state index is -3.64. The van der Waals surface area contributed by atoms with Gasteiger partial charge in [-0.1, -0.05) is 18.2 Å². The van der Waals surface area contributed by atoms with Crippen molar-refractivity contribution >= 4 is 19.7 Å². The van der Waals surface area contributed by atoms with Crippen molar-refractivity contribution in [3.05, 3.63) is 35.6 Å². The summed E-state index contributed by atoms with van der Waals surface area (Å²) >= 11 is 0. The number of ether oxygens (including phenoxy) is 1. The summed E-state index contributed by atoms with van der Waals surface area (Å²) in [7, 11) is 1.80. The van der Waals surface area contributed by atoms with Crippen LogP contribution in [0.1, 0.15) is 12.0 Å². The Morgan fingerprint density at radius 2 is 2.11 bits per heavy atom. The number of hydrogen-bond donors (Lipinski definition) is 0. The van der Waals surface area contributed by atoms with E-state index in [1.807, 2.05) is 0 Å². The molecule has 0 bridgehead atoms. The van der Waals surface area contributed by atoms with E-state index in [-0.39, 0.29) is 11.7 Å². The summed E-state index contributed by atoms with van der Waals surface area (Å²) in [6, 6.07) is 6.35. The van der Waals surface area contributed by atoms with Gasteiger partial charge in [-0.15, -0.1) is 0 Å². The summed E-state index contributed by atoms with van der Waals surface area (Å²) < 4.78 is 41.8. The minimum Gasteiger partial charge on any atom is -0.381 e. The zero-order chi connectivity index (χ0) is 13.2. The molecule has 0 radical (unpaired) electrons. The van der Waals surface area contributed by atoms with Crippen molar-refractivity contribution in [2.45, 2.75) is 18.1 Å². The van der Waals surface area contributed by atoms with Gasteiger partial charge in [-0.25, -0.2) is 12.8 Å². The van der Waals surface area contributed by atoms with Crippen molar-refractivity contribution in [3.8, 4) is 0 Å². The SMILES string of the molecule is O=S(=O)(Cl)C1CCOCC1Cc1ccccc1F. The van der Waals surface area contributed by atoms with Crippen LogP contribution in [0.2, 0.25) is 0 Å². The average molecular weight is 293 g/mol. The van der Waals surface area contributed by atoms with Crippen LogP contribution in [-0.2, 0) is 20.2 Å². The second kappa shape index (κ2) is 5.55. The summed E-state index contributed by atoms with van der Waals surface area (Å²) in [5.41, 5.74) is 0.498. The van der Waals surface area contributed by atoms with Gasteiger partial charge in [-0.2, -0.15) is 0 Å². The fourth-order valence-corrected chi connectivity index (χ4v) is 4.00. The molecule has 0 aromatic heterocycles. The van der Waals surface area contributed by atoms with Gasteiger partial charge in [0.2, 0.25) is 9.05 Å². The van der Waals surface area contributed by atoms with Gasteiger partial charge < -0.3 is 4.74 Å². The van der Waals surface area contributed by atoms with Crippen LogP contribution in [-0.4, -0.2) is 26.9 Å². The molecule has 0 N–H and O–H groups in total. The Hall–Kier alpha value is -0.650. The Morgan fingerprint density at radius 1 is 1.39 bits per heavy atom. The third-order valence-electron chi connectivity index (χ3n) is 3.21. The molecule has 1 aliphatic rings. The molecule has 1 fully saturated rings. The van der Waals surface area contributed by atoms with E-state index >= 15 is 0 Å². The lowest BCUT2D eigenvalue weighted by molar-refractivity contribution is 0.0574. The van der Waals surface area contributed by atoms with E-state index in [9.17, 15) is 12.8 Å². The van der Waals surface area contributed by atoms with Gasteiger partial charge in [-0.05, 0) is 24.5 Å². The lowest BCUT2D eigenvalue weighted by atomic mass is 9.93. The highest BCUT2D eigenvalue weighted by molar-refractivity contribution is 8.14. The zero-order valence-electron chi connectivity index (χ0n) is 9.68. The van der Waals surface area contributed by atoms with E-state index < -0.39 is 14.3 Å². The van der Waals surface area contributed by atoms with Crippen LogP contribution in [0.15, 0.2) is 24.3 Å². The Kier molecular flexibility index (Phi) is 4.25. The second-order valence-corrected chi connectivity index (χ2v) is 7.28. The number of rotatable bonds is 3. The van der Waals surface area contributed by atoms with Gasteiger partial charge in [0.15, 0.2) is 0 Å². The van der Waals surface area contributed by atoms with E-state index in [0.717, 1.165) is 0 Å². The summed E-state index contributed by atoms with van der Waals surface area (Å²) in [5, 5.41) is -0.660. The largest absolute Gasteiger partial charge is 0.381 e. The maximum absolute atomic E-state index is 13.5. The first-order valence-electron chi connectivity index (χ1n) is 5.73. The predicted molar refractivity (Wildman–Crippen MR) is 67.6 cm³/mol. The van der Waals surface area contributed by atoms with E-state index in [0.29, 0.717) is 31.6 Å². The smallest absolute Gasteiger partial charge is 0.235 e. The van der Waals surface area contributed by atoms with Crippen LogP contribution in [0.25, 0.3) is 0 Å². The van der Waals surface area contributed by atoms with Crippen LogP contribution in [0.5, 0.6) is 0 Å². The van der Waals surface area contributed by atoms with Crippen LogP contribution < -0.4 is 0 Å². The summed E-state index contributed by atoms with van der Waals surface area (Å²) in [6.45, 7) is 0.676. The van der Waals surface area contributed by atoms with Crippen LogP contribution in [0, 0.1) is 11.7 Å². The molecule has 6 heteroatoms. The van der Waals surface area contributed by atoms with E-state index in [2.05, 4.69) is 0 Å². The molecule has 0 spiro atoms. The summed E-state index contributed by atoms with van der Waals surface area (Å²) in [4.78, 5) is 0. The number of halogens is 2. The van der Waals surface area contributed by atoms with Crippen molar-refractivity contribution in [1.82, 2.24) is 0 Å². The van der Waals surface area contributed by atoms with Gasteiger partial charge in [0, 0.05) is 23.2 Å². The van der Waals surface area contributed by atoms with E-state index in [1.54, 1.807) is 18.2 Å². The lowest BCUT2D eigenvalue weighted by Gasteiger charge is -2.29. The van der Waals surface area contributed by atoms with Crippen molar-refractivity contribution in [1.29, 1.82) is 0 Å². The molecular weight excluding hydrogens is 279 g/mol. The van der Waals surface area contributed by atoms with Gasteiger partial charge >= 0.3 is 0 Å². The maximum Gasteiger partial charge on any atom is 0.235 e. The monoisotopic (exact) mass is 292 g/mol. The zero-order valence-corrected chi connectivity index (χ0v) is 11.3. The highest BCUT2D eigenvalue weighted by Crippen LogP contribution is 2.28. The van der Waals surface area contributed by atoms with Crippen LogP contribution in [0.4, 0.5) is 4.39 Å². The minimum absolute atomic E-state index is 0.293. The van der Waals surface area contributed by atoms with Crippen molar-refractivity contribution < 1.29 is 17.5 Å². The first-order chi connectivity index (χ1) is 8.48. The second-order valence-electron chi connectivity index (χ2n) is 4.43. The molecule has 0 saturated carbocycles. The van der Waals surface area contributed by atoms with Crippen LogP contribution in [0.3, 0.4) is 0 Å². The summed E-state index contributed by atoms with van der Waals surface area (Å²) in [5.74, 6) is -0.619. The Labute approximate surface area is 110 Å². The molecular formula is C12H14ClFO3S. The van der Waals surface area contributed by atoms with Crippen molar-refractivity contribution in [2.75, 3.05) is 13.2 Å². The van der Waals surface area contributed by atoms with Gasteiger partial charge in [0.1, 0.15) is 5.82 Å². The Bertz CT molecular complexity index is 518. The molecule has 1 saturated heterocycles. The molecule has 1 aromatic rings. The average Bonchev–Trinajstić information content (AvgIpc) is 2.31. The topological polar surface area (TPSA) is 43.4 Å². The Morgan fingerprint density at radius 3 is 2.78 bits per heavy atom. The van der Waals surface area contributed by atoms with Crippen molar-refractivity contribution in [2.24, 2.45) is 5.92 Å². The number of hydrogen-bond acceptors (Lipinski definition) is 3. The molecule has 2 atom stereocenters. The fraction of sp³-hybridized carbons (Fsp3) is 0.500. The summed E-state index contributed by atoms with van der Waals surface area (Å²) in [6.07, 6.45) is 0.689. The third-order valence-corrected chi connectivity index (χ3v) is 5.24. The quantitative estimate of drug-likeness (QED) is 0.803. The first-order valence-corrected chi connectivity index (χ1v) is 8.10. The molecule has 100 valence electrons. The maximum atomic E-state index is 13.5. The van der Waals surface area contributed by atoms with Gasteiger partial charge in [0.05, 0.1) is 11.9 Å². The van der Waals surface area contributed by atoms with E-state index in [1.165, 1.54) is 6.07 Å². The molecule has 1 aromatic carbocycles. The van der Waals surface area contributed by atoms with Gasteiger partial charge in [0.25, 0.3) is 0 Å². The molecule has 3 nitrogen and oxygen atoms in total. The normalized spacial score (nSPS) is 25.0. The van der Waals surface area contributed by atoms with E-state index in [4.69, 9.17) is 15.4 Å².